The van der Waals surface area contributed by atoms with Crippen molar-refractivity contribution in [2.45, 2.75) is 0 Å². The van der Waals surface area contributed by atoms with Crippen molar-refractivity contribution in [3.63, 3.8) is 0 Å². The normalized spacial score (nSPS) is 10.9. The first-order valence-corrected chi connectivity index (χ1v) is 7.83. The van der Waals surface area contributed by atoms with Crippen LogP contribution < -0.4 is 10.1 Å². The summed E-state index contributed by atoms with van der Waals surface area (Å²) in [6.45, 7) is 0. The lowest BCUT2D eigenvalue weighted by molar-refractivity contribution is -0.112. The molecule has 2 aromatic carbocycles. The topological polar surface area (TPSA) is 62.1 Å². The molecule has 0 fully saturated rings. The number of anilines is 1. The molecule has 0 atom stereocenters. The molecular weight excluding hydrogens is 399 g/mol. The van der Waals surface area contributed by atoms with E-state index in [1.54, 1.807) is 18.2 Å². The van der Waals surface area contributed by atoms with Crippen LogP contribution in [0, 0.1) is 17.1 Å². The Kier molecular flexibility index (Phi) is 5.96. The van der Waals surface area contributed by atoms with Gasteiger partial charge in [-0.15, -0.1) is 0 Å². The van der Waals surface area contributed by atoms with Crippen LogP contribution in [0.1, 0.15) is 5.56 Å². The van der Waals surface area contributed by atoms with Gasteiger partial charge < -0.3 is 10.1 Å². The lowest BCUT2D eigenvalue weighted by Crippen LogP contribution is -2.13. The number of amides is 1. The summed E-state index contributed by atoms with van der Waals surface area (Å²) in [5.41, 5.74) is 0.719. The zero-order chi connectivity index (χ0) is 17.7. The molecule has 0 aliphatic heterocycles. The van der Waals surface area contributed by atoms with E-state index >= 15 is 0 Å². The quantitative estimate of drug-likeness (QED) is 0.583. The first-order valence-electron chi connectivity index (χ1n) is 6.66. The van der Waals surface area contributed by atoms with E-state index in [4.69, 9.17) is 16.3 Å². The van der Waals surface area contributed by atoms with Gasteiger partial charge in [-0.05, 0) is 42.5 Å². The minimum Gasteiger partial charge on any atom is -0.496 e. The molecule has 0 heterocycles. The Balaban J connectivity index is 2.30. The number of carbonyl (C=O) groups is 1. The molecule has 2 rings (SSSR count). The smallest absolute Gasteiger partial charge is 0.266 e. The number of nitrogens with one attached hydrogen (secondary N) is 1. The third-order valence-corrected chi connectivity index (χ3v) is 3.82. The number of nitriles is 1. The number of methoxy groups -OCH3 is 1. The van der Waals surface area contributed by atoms with Crippen molar-refractivity contribution in [1.82, 2.24) is 0 Å². The predicted molar refractivity (Wildman–Crippen MR) is 94.3 cm³/mol. The third-order valence-electron chi connectivity index (χ3n) is 3.03. The van der Waals surface area contributed by atoms with Crippen LogP contribution in [-0.4, -0.2) is 13.0 Å². The molecule has 0 spiro atoms. The van der Waals surface area contributed by atoms with Gasteiger partial charge in [0.2, 0.25) is 0 Å². The fourth-order valence-corrected chi connectivity index (χ4v) is 2.45. The Morgan fingerprint density at radius 2 is 2.12 bits per heavy atom. The van der Waals surface area contributed by atoms with Crippen LogP contribution in [0.3, 0.4) is 0 Å². The fourth-order valence-electron chi connectivity index (χ4n) is 1.89. The summed E-state index contributed by atoms with van der Waals surface area (Å²) < 4.78 is 19.1. The monoisotopic (exact) mass is 408 g/mol. The van der Waals surface area contributed by atoms with Gasteiger partial charge in [0.15, 0.2) is 0 Å². The Bertz CT molecular complexity index is 862. The summed E-state index contributed by atoms with van der Waals surface area (Å²) in [6, 6.07) is 10.8. The average molecular weight is 410 g/mol. The molecule has 1 amide bonds. The number of rotatable bonds is 4. The average Bonchev–Trinajstić information content (AvgIpc) is 2.56. The summed E-state index contributed by atoms with van der Waals surface area (Å²) in [5.74, 6) is -0.713. The minimum absolute atomic E-state index is 0.121. The van der Waals surface area contributed by atoms with Crippen LogP contribution in [0.25, 0.3) is 6.08 Å². The number of ether oxygens (including phenoxy) is 1. The van der Waals surface area contributed by atoms with Crippen LogP contribution in [0.2, 0.25) is 5.02 Å². The molecule has 1 N–H and O–H groups in total. The first-order chi connectivity index (χ1) is 11.4. The second-order valence-electron chi connectivity index (χ2n) is 4.64. The standard InChI is InChI=1S/C17H11BrClFN2O2/c1-24-16-5-2-12(18)7-10(16)6-11(9-21)17(23)22-13-3-4-15(20)14(19)8-13/h2-8H,1H3,(H,22,23)/b11-6+. The van der Waals surface area contributed by atoms with Crippen LogP contribution in [-0.2, 0) is 4.79 Å². The van der Waals surface area contributed by atoms with Gasteiger partial charge in [0.25, 0.3) is 5.91 Å². The van der Waals surface area contributed by atoms with Crippen molar-refractivity contribution in [3.8, 4) is 11.8 Å². The number of hydrogen-bond donors (Lipinski definition) is 1. The summed E-state index contributed by atoms with van der Waals surface area (Å²) in [5, 5.41) is 11.6. The maximum atomic E-state index is 13.1. The Morgan fingerprint density at radius 3 is 2.75 bits per heavy atom. The van der Waals surface area contributed by atoms with Crippen molar-refractivity contribution in [2.24, 2.45) is 0 Å². The van der Waals surface area contributed by atoms with Gasteiger partial charge in [-0.25, -0.2) is 4.39 Å². The molecule has 0 saturated heterocycles. The second kappa shape index (κ2) is 7.95. The summed E-state index contributed by atoms with van der Waals surface area (Å²) in [6.07, 6.45) is 1.41. The van der Waals surface area contributed by atoms with Crippen molar-refractivity contribution >= 4 is 45.2 Å². The predicted octanol–water partition coefficient (Wildman–Crippen LogP) is 4.80. The highest BCUT2D eigenvalue weighted by Crippen LogP contribution is 2.26. The molecule has 0 bridgehead atoms. The molecule has 4 nitrogen and oxygen atoms in total. The lowest BCUT2D eigenvalue weighted by Gasteiger charge is -2.07. The van der Waals surface area contributed by atoms with Crippen molar-refractivity contribution in [3.05, 3.63) is 62.8 Å². The number of hydrogen-bond acceptors (Lipinski definition) is 3. The summed E-state index contributed by atoms with van der Waals surface area (Å²) >= 11 is 8.99. The van der Waals surface area contributed by atoms with E-state index in [9.17, 15) is 14.4 Å². The molecule has 122 valence electrons. The van der Waals surface area contributed by atoms with E-state index in [2.05, 4.69) is 21.2 Å². The van der Waals surface area contributed by atoms with E-state index in [-0.39, 0.29) is 16.3 Å². The Labute approximate surface area is 151 Å². The Morgan fingerprint density at radius 1 is 1.38 bits per heavy atom. The highest BCUT2D eigenvalue weighted by molar-refractivity contribution is 9.10. The maximum Gasteiger partial charge on any atom is 0.266 e. The zero-order valence-electron chi connectivity index (χ0n) is 12.4. The molecule has 7 heteroatoms. The van der Waals surface area contributed by atoms with E-state index in [1.807, 2.05) is 6.07 Å². The van der Waals surface area contributed by atoms with Gasteiger partial charge in [0.1, 0.15) is 23.2 Å². The highest BCUT2D eigenvalue weighted by atomic mass is 79.9. The molecule has 0 aliphatic rings. The van der Waals surface area contributed by atoms with Gasteiger partial charge in [-0.2, -0.15) is 5.26 Å². The molecule has 0 saturated carbocycles. The fraction of sp³-hybridized carbons (Fsp3) is 0.0588. The number of benzene rings is 2. The van der Waals surface area contributed by atoms with Crippen molar-refractivity contribution in [2.75, 3.05) is 12.4 Å². The molecule has 0 radical (unpaired) electrons. The number of nitrogens with zero attached hydrogens (tertiary/aromatic N) is 1. The van der Waals surface area contributed by atoms with Crippen molar-refractivity contribution in [1.29, 1.82) is 5.26 Å². The lowest BCUT2D eigenvalue weighted by atomic mass is 10.1. The zero-order valence-corrected chi connectivity index (χ0v) is 14.8. The molecule has 0 aromatic heterocycles. The molecular formula is C17H11BrClFN2O2. The van der Waals surface area contributed by atoms with Crippen LogP contribution in [0.5, 0.6) is 5.75 Å². The SMILES string of the molecule is COc1ccc(Br)cc1/C=C(\C#N)C(=O)Nc1ccc(F)c(Cl)c1. The Hall–Kier alpha value is -2.36. The highest BCUT2D eigenvalue weighted by Gasteiger charge is 2.12. The van der Waals surface area contributed by atoms with Crippen LogP contribution in [0.4, 0.5) is 10.1 Å². The van der Waals surface area contributed by atoms with Gasteiger partial charge >= 0.3 is 0 Å². The third kappa shape index (κ3) is 4.34. The van der Waals surface area contributed by atoms with Crippen LogP contribution in [0.15, 0.2) is 46.4 Å². The van der Waals surface area contributed by atoms with E-state index in [0.717, 1.165) is 10.5 Å². The summed E-state index contributed by atoms with van der Waals surface area (Å²) in [4.78, 5) is 12.2. The largest absolute Gasteiger partial charge is 0.496 e. The van der Waals surface area contributed by atoms with Gasteiger partial charge in [-0.1, -0.05) is 27.5 Å². The number of carbonyl (C=O) groups excluding carboxylic acids is 1. The summed E-state index contributed by atoms with van der Waals surface area (Å²) in [7, 11) is 1.49. The second-order valence-corrected chi connectivity index (χ2v) is 5.96. The molecule has 2 aromatic rings. The molecule has 24 heavy (non-hydrogen) atoms. The first kappa shape index (κ1) is 18.0. The van der Waals surface area contributed by atoms with Gasteiger partial charge in [0, 0.05) is 15.7 Å². The van der Waals surface area contributed by atoms with E-state index in [1.165, 1.54) is 25.3 Å². The maximum absolute atomic E-state index is 13.1. The molecule has 0 unspecified atom stereocenters. The minimum atomic E-state index is -0.637. The van der Waals surface area contributed by atoms with Gasteiger partial charge in [-0.3, -0.25) is 4.79 Å². The van der Waals surface area contributed by atoms with Crippen molar-refractivity contribution < 1.29 is 13.9 Å². The van der Waals surface area contributed by atoms with Gasteiger partial charge in [0.05, 0.1) is 12.1 Å². The van der Waals surface area contributed by atoms with Crippen LogP contribution >= 0.6 is 27.5 Å². The number of halogens is 3. The van der Waals surface area contributed by atoms with E-state index < -0.39 is 11.7 Å². The van der Waals surface area contributed by atoms with E-state index in [0.29, 0.717) is 11.3 Å². The molecule has 0 aliphatic carbocycles.